The quantitative estimate of drug-likeness (QED) is 0.587. The molecule has 3 aromatic rings. The van der Waals surface area contributed by atoms with Gasteiger partial charge in [0.05, 0.1) is 23.7 Å². The summed E-state index contributed by atoms with van der Waals surface area (Å²) in [7, 11) is 2.00. The number of anilines is 1. The lowest BCUT2D eigenvalue weighted by Gasteiger charge is -2.30. The van der Waals surface area contributed by atoms with Gasteiger partial charge in [0, 0.05) is 18.2 Å². The summed E-state index contributed by atoms with van der Waals surface area (Å²) >= 11 is 0. The number of alkyl halides is 6. The number of nitrogens with zero attached hydrogens (tertiary/aromatic N) is 5. The first-order chi connectivity index (χ1) is 15.0. The number of likely N-dealkylation sites (N-methyl/N-ethyl adjacent to an activating group) is 1. The molecule has 1 aliphatic heterocycles. The molecular formula is C20H20F6N6. The van der Waals surface area contributed by atoms with Crippen molar-refractivity contribution in [2.45, 2.75) is 37.7 Å². The van der Waals surface area contributed by atoms with Gasteiger partial charge in [0.25, 0.3) is 0 Å². The Labute approximate surface area is 179 Å². The van der Waals surface area contributed by atoms with Crippen LogP contribution in [0.3, 0.4) is 0 Å². The predicted octanol–water partition coefficient (Wildman–Crippen LogP) is 4.42. The molecule has 1 aliphatic rings. The van der Waals surface area contributed by atoms with E-state index in [1.165, 1.54) is 12.5 Å². The topological polar surface area (TPSA) is 58.3 Å². The Balaban J connectivity index is 1.76. The van der Waals surface area contributed by atoms with Crippen molar-refractivity contribution in [2.24, 2.45) is 0 Å². The van der Waals surface area contributed by atoms with Crippen molar-refractivity contribution in [1.29, 1.82) is 0 Å². The molecule has 6 nitrogen and oxygen atoms in total. The Morgan fingerprint density at radius 2 is 1.91 bits per heavy atom. The molecule has 1 N–H and O–H groups in total. The van der Waals surface area contributed by atoms with Crippen LogP contribution in [0.1, 0.15) is 24.0 Å². The molecule has 0 bridgehead atoms. The van der Waals surface area contributed by atoms with Crippen LogP contribution in [0.4, 0.5) is 32.3 Å². The highest BCUT2D eigenvalue weighted by Gasteiger charge is 2.35. The summed E-state index contributed by atoms with van der Waals surface area (Å²) in [5.41, 5.74) is -1.38. The third kappa shape index (κ3) is 4.79. The molecule has 0 aliphatic carbocycles. The van der Waals surface area contributed by atoms with Gasteiger partial charge in [0.2, 0.25) is 5.95 Å². The molecule has 3 heterocycles. The van der Waals surface area contributed by atoms with Gasteiger partial charge in [-0.1, -0.05) is 6.07 Å². The summed E-state index contributed by atoms with van der Waals surface area (Å²) in [4.78, 5) is 6.21. The zero-order chi connectivity index (χ0) is 23.1. The highest BCUT2D eigenvalue weighted by Crippen LogP contribution is 2.36. The van der Waals surface area contributed by atoms with Crippen LogP contribution in [0.15, 0.2) is 30.7 Å². The van der Waals surface area contributed by atoms with Crippen molar-refractivity contribution >= 4 is 11.5 Å². The smallest absolute Gasteiger partial charge is 0.350 e. The summed E-state index contributed by atoms with van der Waals surface area (Å²) in [5.74, 6) is 0.367. The van der Waals surface area contributed by atoms with Gasteiger partial charge in [-0.25, -0.2) is 4.98 Å². The van der Waals surface area contributed by atoms with E-state index in [1.54, 1.807) is 4.40 Å². The maximum Gasteiger partial charge on any atom is 0.416 e. The molecule has 0 amide bonds. The van der Waals surface area contributed by atoms with E-state index in [9.17, 15) is 26.3 Å². The Hall–Kier alpha value is -2.89. The zero-order valence-corrected chi connectivity index (χ0v) is 17.0. The lowest BCUT2D eigenvalue weighted by molar-refractivity contribution is -0.138. The standard InChI is InChI=1S/C20H20F6N6/c1-31-6-2-3-14(10-31)28-18-30-29-17(16-9-27-11-32(16)18)15-5-4-13(20(24,25)26)7-12(15)8-19(21,22)23/h4-5,7,9,11,14H,2-3,6,8,10H2,1H3,(H,28,30). The van der Waals surface area contributed by atoms with Gasteiger partial charge < -0.3 is 10.2 Å². The second-order valence-electron chi connectivity index (χ2n) is 7.93. The van der Waals surface area contributed by atoms with Crippen LogP contribution in [0.2, 0.25) is 0 Å². The summed E-state index contributed by atoms with van der Waals surface area (Å²) in [6.07, 6.45) is -6.23. The molecule has 0 radical (unpaired) electrons. The van der Waals surface area contributed by atoms with Crippen LogP contribution in [0.25, 0.3) is 16.8 Å². The van der Waals surface area contributed by atoms with Crippen molar-refractivity contribution in [1.82, 2.24) is 24.5 Å². The SMILES string of the molecule is CN1CCCC(Nc2nnc(-c3ccc(C(F)(F)F)cc3CC(F)(F)F)c3cncn23)C1. The van der Waals surface area contributed by atoms with E-state index in [0.29, 0.717) is 17.5 Å². The molecule has 1 aromatic carbocycles. The van der Waals surface area contributed by atoms with Crippen LogP contribution in [-0.2, 0) is 12.6 Å². The van der Waals surface area contributed by atoms with Crippen molar-refractivity contribution in [3.63, 3.8) is 0 Å². The fourth-order valence-corrected chi connectivity index (χ4v) is 3.96. The average molecular weight is 458 g/mol. The minimum Gasteiger partial charge on any atom is -0.350 e. The lowest BCUT2D eigenvalue weighted by atomic mass is 9.98. The van der Waals surface area contributed by atoms with Gasteiger partial charge in [-0.3, -0.25) is 4.40 Å². The van der Waals surface area contributed by atoms with Crippen molar-refractivity contribution in [3.05, 3.63) is 41.9 Å². The minimum absolute atomic E-state index is 0.0294. The van der Waals surface area contributed by atoms with Crippen LogP contribution < -0.4 is 5.32 Å². The van der Waals surface area contributed by atoms with Crippen molar-refractivity contribution in [3.8, 4) is 11.3 Å². The molecule has 1 unspecified atom stereocenters. The third-order valence-corrected chi connectivity index (χ3v) is 5.39. The molecule has 1 atom stereocenters. The molecule has 0 saturated carbocycles. The lowest BCUT2D eigenvalue weighted by Crippen LogP contribution is -2.40. The number of imidazole rings is 1. The van der Waals surface area contributed by atoms with Gasteiger partial charge in [0.1, 0.15) is 12.0 Å². The third-order valence-electron chi connectivity index (χ3n) is 5.39. The molecule has 1 saturated heterocycles. The number of piperidine rings is 1. The van der Waals surface area contributed by atoms with E-state index in [0.717, 1.165) is 38.1 Å². The summed E-state index contributed by atoms with van der Waals surface area (Å²) < 4.78 is 80.2. The van der Waals surface area contributed by atoms with Gasteiger partial charge in [-0.05, 0) is 44.1 Å². The summed E-state index contributed by atoms with van der Waals surface area (Å²) in [6, 6.07) is 2.37. The predicted molar refractivity (Wildman–Crippen MR) is 105 cm³/mol. The highest BCUT2D eigenvalue weighted by molar-refractivity contribution is 5.79. The molecule has 1 fully saturated rings. The van der Waals surface area contributed by atoms with E-state index in [4.69, 9.17) is 0 Å². The molecule has 172 valence electrons. The molecule has 2 aromatic heterocycles. The Morgan fingerprint density at radius 3 is 2.59 bits per heavy atom. The number of hydrogen-bond donors (Lipinski definition) is 1. The largest absolute Gasteiger partial charge is 0.416 e. The number of fused-ring (bicyclic) bond motifs is 1. The van der Waals surface area contributed by atoms with Crippen LogP contribution in [0, 0.1) is 0 Å². The van der Waals surface area contributed by atoms with Crippen LogP contribution >= 0.6 is 0 Å². The van der Waals surface area contributed by atoms with Crippen LogP contribution in [0.5, 0.6) is 0 Å². The van der Waals surface area contributed by atoms with Gasteiger partial charge in [-0.2, -0.15) is 26.3 Å². The van der Waals surface area contributed by atoms with E-state index < -0.39 is 29.9 Å². The fourth-order valence-electron chi connectivity index (χ4n) is 3.96. The first kappa shape index (κ1) is 22.3. The minimum atomic E-state index is -4.77. The molecule has 32 heavy (non-hydrogen) atoms. The number of nitrogens with one attached hydrogen (secondary N) is 1. The number of aromatic nitrogens is 4. The van der Waals surface area contributed by atoms with Gasteiger partial charge in [-0.15, -0.1) is 10.2 Å². The number of likely N-dealkylation sites (tertiary alicyclic amines) is 1. The Morgan fingerprint density at radius 1 is 1.12 bits per heavy atom. The number of rotatable bonds is 4. The van der Waals surface area contributed by atoms with Crippen molar-refractivity contribution < 1.29 is 26.3 Å². The maximum absolute atomic E-state index is 13.1. The number of benzene rings is 1. The molecule has 4 rings (SSSR count). The van der Waals surface area contributed by atoms with E-state index in [-0.39, 0.29) is 17.3 Å². The second kappa shape index (κ2) is 8.23. The summed E-state index contributed by atoms with van der Waals surface area (Å²) in [6.45, 7) is 1.77. The zero-order valence-electron chi connectivity index (χ0n) is 17.0. The monoisotopic (exact) mass is 458 g/mol. The average Bonchev–Trinajstić information content (AvgIpc) is 3.17. The van der Waals surface area contributed by atoms with Crippen LogP contribution in [-0.4, -0.2) is 56.8 Å². The highest BCUT2D eigenvalue weighted by atomic mass is 19.4. The Bertz CT molecular complexity index is 1110. The molecule has 0 spiro atoms. The second-order valence-corrected chi connectivity index (χ2v) is 7.93. The van der Waals surface area contributed by atoms with E-state index >= 15 is 0 Å². The number of halogens is 6. The summed E-state index contributed by atoms with van der Waals surface area (Å²) in [5, 5.41) is 11.5. The maximum atomic E-state index is 13.1. The normalized spacial score (nSPS) is 18.3. The first-order valence-corrected chi connectivity index (χ1v) is 9.92. The number of hydrogen-bond acceptors (Lipinski definition) is 5. The Kier molecular flexibility index (Phi) is 5.74. The van der Waals surface area contributed by atoms with Gasteiger partial charge in [0.15, 0.2) is 0 Å². The first-order valence-electron chi connectivity index (χ1n) is 9.92. The van der Waals surface area contributed by atoms with Gasteiger partial charge >= 0.3 is 12.4 Å². The van der Waals surface area contributed by atoms with Crippen molar-refractivity contribution in [2.75, 3.05) is 25.5 Å². The van der Waals surface area contributed by atoms with E-state index in [2.05, 4.69) is 25.4 Å². The molecular weight excluding hydrogens is 438 g/mol. The molecule has 12 heteroatoms. The van der Waals surface area contributed by atoms with E-state index in [1.807, 2.05) is 7.05 Å². The fraction of sp³-hybridized carbons (Fsp3) is 0.450.